The third-order valence-electron chi connectivity index (χ3n) is 4.11. The van der Waals surface area contributed by atoms with Crippen LogP contribution in [0.15, 0.2) is 11.8 Å². The minimum atomic E-state index is -1.08. The second-order valence-corrected chi connectivity index (χ2v) is 6.44. The Morgan fingerprint density at radius 3 is 2.65 bits per heavy atom. The number of carbonyl (C=O) groups excluding carboxylic acids is 1. The van der Waals surface area contributed by atoms with Gasteiger partial charge in [-0.2, -0.15) is 5.26 Å². The minimum absolute atomic E-state index is 0.0274. The summed E-state index contributed by atoms with van der Waals surface area (Å²) in [6.07, 6.45) is 6.14. The second kappa shape index (κ2) is 9.19. The zero-order valence-electron chi connectivity index (χ0n) is 14.2. The van der Waals surface area contributed by atoms with Crippen molar-refractivity contribution in [3.8, 4) is 6.07 Å². The molecule has 0 aromatic rings. The first kappa shape index (κ1) is 19.0. The molecule has 0 bridgehead atoms. The molecule has 23 heavy (non-hydrogen) atoms. The highest BCUT2D eigenvalue weighted by molar-refractivity contribution is 5.99. The first-order valence-electron chi connectivity index (χ1n) is 8.30. The Hall–Kier alpha value is -2.03. The predicted octanol–water partition coefficient (Wildman–Crippen LogP) is 2.27. The first-order valence-corrected chi connectivity index (χ1v) is 8.30. The summed E-state index contributed by atoms with van der Waals surface area (Å²) in [5.41, 5.74) is -0.0274. The number of carbonyl (C=O) groups is 2. The summed E-state index contributed by atoms with van der Waals surface area (Å²) in [6.45, 7) is 6.70. The number of nitriles is 1. The third kappa shape index (κ3) is 5.93. The average molecular weight is 321 g/mol. The van der Waals surface area contributed by atoms with Crippen molar-refractivity contribution in [2.75, 3.05) is 6.54 Å². The highest BCUT2D eigenvalue weighted by atomic mass is 16.4. The van der Waals surface area contributed by atoms with Crippen LogP contribution >= 0.6 is 0 Å². The molecule has 1 saturated heterocycles. The van der Waals surface area contributed by atoms with Gasteiger partial charge in [0, 0.05) is 18.8 Å². The molecule has 2 N–H and O–H groups in total. The number of hydrogen-bond acceptors (Lipinski definition) is 4. The first-order chi connectivity index (χ1) is 10.9. The molecule has 2 unspecified atom stereocenters. The van der Waals surface area contributed by atoms with Crippen molar-refractivity contribution in [3.05, 3.63) is 11.8 Å². The summed E-state index contributed by atoms with van der Waals surface area (Å²) < 4.78 is 0. The number of carboxylic acid groups (broad SMARTS) is 1. The van der Waals surface area contributed by atoms with Gasteiger partial charge in [0.1, 0.15) is 17.7 Å². The molecule has 1 amide bonds. The number of carboxylic acids is 1. The topological polar surface area (TPSA) is 93.4 Å². The fourth-order valence-corrected chi connectivity index (χ4v) is 2.86. The molecule has 128 valence electrons. The van der Waals surface area contributed by atoms with E-state index in [2.05, 4.69) is 12.2 Å². The summed E-state index contributed by atoms with van der Waals surface area (Å²) in [7, 11) is 0. The number of nitrogens with one attached hydrogen (secondary N) is 1. The fraction of sp³-hybridized carbons (Fsp3) is 0.706. The van der Waals surface area contributed by atoms with Crippen LogP contribution < -0.4 is 5.32 Å². The van der Waals surface area contributed by atoms with E-state index in [1.165, 1.54) is 0 Å². The molecular formula is C17H27N3O3. The van der Waals surface area contributed by atoms with Gasteiger partial charge >= 0.3 is 5.97 Å². The van der Waals surface area contributed by atoms with Gasteiger partial charge in [-0.3, -0.25) is 4.79 Å². The van der Waals surface area contributed by atoms with Crippen LogP contribution in [0.25, 0.3) is 0 Å². The van der Waals surface area contributed by atoms with Crippen molar-refractivity contribution in [2.45, 2.75) is 65.0 Å². The monoisotopic (exact) mass is 321 g/mol. The fourth-order valence-electron chi connectivity index (χ4n) is 2.86. The van der Waals surface area contributed by atoms with Gasteiger partial charge < -0.3 is 15.3 Å². The minimum Gasteiger partial charge on any atom is -0.480 e. The molecule has 1 aliphatic heterocycles. The molecule has 6 nitrogen and oxygen atoms in total. The number of aliphatic carboxylic acids is 1. The van der Waals surface area contributed by atoms with Gasteiger partial charge in [0.2, 0.25) is 0 Å². The normalized spacial score (nSPS) is 20.0. The van der Waals surface area contributed by atoms with E-state index in [0.717, 1.165) is 32.2 Å². The Balaban J connectivity index is 2.82. The van der Waals surface area contributed by atoms with Gasteiger partial charge in [0.15, 0.2) is 0 Å². The highest BCUT2D eigenvalue weighted by Crippen LogP contribution is 2.20. The standard InChI is InChI=1S/C17H27N3O3/c1-4-14-7-5-6-8-20(14)11-13(10-18)16(21)19-15(17(22)23)9-12(2)3/h11-12,14-15H,4-9H2,1-3H3,(H,19,21)(H,22,23)/b13-11-. The molecule has 1 rings (SSSR count). The van der Waals surface area contributed by atoms with Crippen molar-refractivity contribution in [2.24, 2.45) is 5.92 Å². The Morgan fingerprint density at radius 1 is 1.43 bits per heavy atom. The molecular weight excluding hydrogens is 294 g/mol. The van der Waals surface area contributed by atoms with Crippen LogP contribution in [0.2, 0.25) is 0 Å². The van der Waals surface area contributed by atoms with Crippen LogP contribution in [0.5, 0.6) is 0 Å². The van der Waals surface area contributed by atoms with Crippen LogP contribution in [0.4, 0.5) is 0 Å². The van der Waals surface area contributed by atoms with Crippen molar-refractivity contribution in [1.82, 2.24) is 10.2 Å². The quantitative estimate of drug-likeness (QED) is 0.554. The van der Waals surface area contributed by atoms with Gasteiger partial charge in [0.25, 0.3) is 5.91 Å². The van der Waals surface area contributed by atoms with Gasteiger partial charge in [-0.25, -0.2) is 4.79 Å². The van der Waals surface area contributed by atoms with Crippen LogP contribution in [0.3, 0.4) is 0 Å². The molecule has 1 aliphatic rings. The van der Waals surface area contributed by atoms with E-state index >= 15 is 0 Å². The molecule has 0 spiro atoms. The van der Waals surface area contributed by atoms with Crippen LogP contribution in [-0.4, -0.2) is 40.5 Å². The van der Waals surface area contributed by atoms with E-state index in [1.807, 2.05) is 24.8 Å². The Labute approximate surface area is 138 Å². The predicted molar refractivity (Wildman–Crippen MR) is 87.4 cm³/mol. The molecule has 0 aromatic carbocycles. The number of likely N-dealkylation sites (tertiary alicyclic amines) is 1. The van der Waals surface area contributed by atoms with Gasteiger partial charge in [-0.1, -0.05) is 20.8 Å². The number of rotatable bonds is 7. The van der Waals surface area contributed by atoms with E-state index in [4.69, 9.17) is 0 Å². The van der Waals surface area contributed by atoms with Crippen molar-refractivity contribution < 1.29 is 14.7 Å². The third-order valence-corrected chi connectivity index (χ3v) is 4.11. The molecule has 0 radical (unpaired) electrons. The second-order valence-electron chi connectivity index (χ2n) is 6.44. The molecule has 0 aliphatic carbocycles. The Morgan fingerprint density at radius 2 is 2.13 bits per heavy atom. The largest absolute Gasteiger partial charge is 0.480 e. The van der Waals surface area contributed by atoms with E-state index in [0.29, 0.717) is 12.5 Å². The number of amides is 1. The molecule has 1 fully saturated rings. The zero-order valence-corrected chi connectivity index (χ0v) is 14.2. The summed E-state index contributed by atoms with van der Waals surface area (Å²) >= 11 is 0. The van der Waals surface area contributed by atoms with E-state index < -0.39 is 17.9 Å². The van der Waals surface area contributed by atoms with Crippen molar-refractivity contribution in [1.29, 1.82) is 5.26 Å². The van der Waals surface area contributed by atoms with E-state index in [1.54, 1.807) is 6.20 Å². The van der Waals surface area contributed by atoms with Gasteiger partial charge in [-0.05, 0) is 38.0 Å². The van der Waals surface area contributed by atoms with Crippen molar-refractivity contribution in [3.63, 3.8) is 0 Å². The lowest BCUT2D eigenvalue weighted by Gasteiger charge is -2.34. The smallest absolute Gasteiger partial charge is 0.326 e. The summed E-state index contributed by atoms with van der Waals surface area (Å²) in [5, 5.41) is 20.9. The molecule has 2 atom stereocenters. The summed E-state index contributed by atoms with van der Waals surface area (Å²) in [6, 6.07) is 1.27. The zero-order chi connectivity index (χ0) is 17.4. The lowest BCUT2D eigenvalue weighted by molar-refractivity contribution is -0.141. The number of nitrogens with zero attached hydrogens (tertiary/aromatic N) is 2. The van der Waals surface area contributed by atoms with Crippen molar-refractivity contribution >= 4 is 11.9 Å². The summed E-state index contributed by atoms with van der Waals surface area (Å²) in [4.78, 5) is 25.5. The van der Waals surface area contributed by atoms with E-state index in [-0.39, 0.29) is 11.5 Å². The maximum atomic E-state index is 12.2. The molecule has 1 heterocycles. The number of piperidine rings is 1. The van der Waals surface area contributed by atoms with Gasteiger partial charge in [-0.15, -0.1) is 0 Å². The highest BCUT2D eigenvalue weighted by Gasteiger charge is 2.24. The Bertz CT molecular complexity index is 494. The SMILES string of the molecule is CCC1CCCCN1/C=C(/C#N)C(=O)NC(CC(C)C)C(=O)O. The number of hydrogen-bond donors (Lipinski definition) is 2. The van der Waals surface area contributed by atoms with Crippen LogP contribution in [-0.2, 0) is 9.59 Å². The molecule has 0 aromatic heterocycles. The summed E-state index contributed by atoms with van der Waals surface area (Å²) in [5.74, 6) is -1.55. The van der Waals surface area contributed by atoms with Crippen LogP contribution in [0.1, 0.15) is 52.9 Å². The maximum absolute atomic E-state index is 12.2. The van der Waals surface area contributed by atoms with Crippen LogP contribution in [0, 0.1) is 17.2 Å². The van der Waals surface area contributed by atoms with Gasteiger partial charge in [0.05, 0.1) is 0 Å². The average Bonchev–Trinajstić information content (AvgIpc) is 2.51. The lowest BCUT2D eigenvalue weighted by Crippen LogP contribution is -2.43. The maximum Gasteiger partial charge on any atom is 0.326 e. The lowest BCUT2D eigenvalue weighted by atomic mass is 10.00. The Kier molecular flexibility index (Phi) is 7.60. The van der Waals surface area contributed by atoms with E-state index in [9.17, 15) is 20.0 Å². The molecule has 6 heteroatoms. The molecule has 0 saturated carbocycles.